The van der Waals surface area contributed by atoms with Crippen molar-refractivity contribution in [3.8, 4) is 0 Å². The monoisotopic (exact) mass is 223 g/mol. The molecule has 1 saturated heterocycles. The van der Waals surface area contributed by atoms with E-state index in [1.165, 1.54) is 42.4 Å². The zero-order chi connectivity index (χ0) is 10.3. The summed E-state index contributed by atoms with van der Waals surface area (Å²) in [5.74, 6) is 5.69. The number of thioether (sulfide) groups is 1. The summed E-state index contributed by atoms with van der Waals surface area (Å²) < 4.78 is 2.42. The zero-order valence-electron chi connectivity index (χ0n) is 9.15. The molecule has 2 aliphatic heterocycles. The minimum atomic E-state index is 0.615. The van der Waals surface area contributed by atoms with Gasteiger partial charge in [0.2, 0.25) is 0 Å². The van der Waals surface area contributed by atoms with E-state index < -0.39 is 0 Å². The molecule has 4 heteroatoms. The molecule has 0 spiro atoms. The first-order valence-corrected chi connectivity index (χ1v) is 7.03. The van der Waals surface area contributed by atoms with Crippen molar-refractivity contribution >= 4 is 11.8 Å². The number of aromatic nitrogens is 3. The van der Waals surface area contributed by atoms with Gasteiger partial charge in [0.25, 0.3) is 0 Å². The van der Waals surface area contributed by atoms with Gasteiger partial charge in [0.1, 0.15) is 11.6 Å². The lowest BCUT2D eigenvalue weighted by Crippen LogP contribution is -2.19. The number of fused-ring (bicyclic) bond motifs is 1. The van der Waals surface area contributed by atoms with Crippen LogP contribution in [0.3, 0.4) is 0 Å². The average Bonchev–Trinajstić information content (AvgIpc) is 2.85. The summed E-state index contributed by atoms with van der Waals surface area (Å²) in [6.07, 6.45) is 4.98. The summed E-state index contributed by atoms with van der Waals surface area (Å²) >= 11 is 2.05. The van der Waals surface area contributed by atoms with Crippen molar-refractivity contribution in [1.82, 2.24) is 14.8 Å². The molecule has 82 valence electrons. The van der Waals surface area contributed by atoms with E-state index in [9.17, 15) is 0 Å². The first kappa shape index (κ1) is 9.70. The van der Waals surface area contributed by atoms with Crippen LogP contribution >= 0.6 is 11.8 Å². The minimum absolute atomic E-state index is 0.615. The van der Waals surface area contributed by atoms with Gasteiger partial charge in [0.05, 0.1) is 0 Å². The summed E-state index contributed by atoms with van der Waals surface area (Å²) in [7, 11) is 0. The first-order valence-electron chi connectivity index (χ1n) is 5.87. The van der Waals surface area contributed by atoms with Crippen molar-refractivity contribution in [3.63, 3.8) is 0 Å². The van der Waals surface area contributed by atoms with E-state index in [-0.39, 0.29) is 0 Å². The Kier molecular flexibility index (Phi) is 2.47. The molecular formula is C11H17N3S. The van der Waals surface area contributed by atoms with Gasteiger partial charge in [-0.25, -0.2) is 0 Å². The molecule has 3 rings (SSSR count). The first-order chi connectivity index (χ1) is 7.36. The van der Waals surface area contributed by atoms with Crippen LogP contribution in [0.5, 0.6) is 0 Å². The number of rotatable bonds is 1. The zero-order valence-corrected chi connectivity index (χ0v) is 9.96. The molecule has 2 unspecified atom stereocenters. The van der Waals surface area contributed by atoms with Gasteiger partial charge >= 0.3 is 0 Å². The van der Waals surface area contributed by atoms with Crippen molar-refractivity contribution in [2.24, 2.45) is 0 Å². The highest BCUT2D eigenvalue weighted by Gasteiger charge is 2.28. The van der Waals surface area contributed by atoms with Crippen LogP contribution in [0, 0.1) is 0 Å². The Morgan fingerprint density at radius 3 is 3.07 bits per heavy atom. The maximum Gasteiger partial charge on any atom is 0.137 e. The SMILES string of the molecule is CC1CCCc2nnc(C3CCSC3)n21. The molecule has 0 saturated carbocycles. The number of hydrogen-bond donors (Lipinski definition) is 0. The van der Waals surface area contributed by atoms with E-state index in [1.807, 2.05) is 0 Å². The summed E-state index contributed by atoms with van der Waals surface area (Å²) in [6.45, 7) is 2.30. The highest BCUT2D eigenvalue weighted by Crippen LogP contribution is 2.35. The van der Waals surface area contributed by atoms with Gasteiger partial charge in [-0.05, 0) is 31.9 Å². The van der Waals surface area contributed by atoms with Gasteiger partial charge in [0.15, 0.2) is 0 Å². The topological polar surface area (TPSA) is 30.7 Å². The summed E-state index contributed by atoms with van der Waals surface area (Å²) in [5, 5.41) is 8.79. The van der Waals surface area contributed by atoms with Gasteiger partial charge in [-0.2, -0.15) is 11.8 Å². The Labute approximate surface area is 94.7 Å². The maximum atomic E-state index is 4.43. The Morgan fingerprint density at radius 2 is 2.27 bits per heavy atom. The largest absolute Gasteiger partial charge is 0.312 e. The molecule has 2 atom stereocenters. The fourth-order valence-electron chi connectivity index (χ4n) is 2.69. The molecule has 0 radical (unpaired) electrons. The smallest absolute Gasteiger partial charge is 0.137 e. The molecule has 3 heterocycles. The van der Waals surface area contributed by atoms with Crippen LogP contribution < -0.4 is 0 Å². The second kappa shape index (κ2) is 3.81. The van der Waals surface area contributed by atoms with Gasteiger partial charge in [-0.1, -0.05) is 0 Å². The molecule has 0 aliphatic carbocycles. The average molecular weight is 223 g/mol. The van der Waals surface area contributed by atoms with E-state index in [0.29, 0.717) is 12.0 Å². The van der Waals surface area contributed by atoms with Crippen LogP contribution in [0.15, 0.2) is 0 Å². The molecule has 0 aromatic carbocycles. The molecule has 2 aliphatic rings. The van der Waals surface area contributed by atoms with Crippen molar-refractivity contribution in [2.45, 2.75) is 44.6 Å². The Morgan fingerprint density at radius 1 is 1.33 bits per heavy atom. The summed E-state index contributed by atoms with van der Waals surface area (Å²) in [4.78, 5) is 0. The Hall–Kier alpha value is -0.510. The molecule has 0 N–H and O–H groups in total. The highest BCUT2D eigenvalue weighted by molar-refractivity contribution is 7.99. The van der Waals surface area contributed by atoms with Crippen LogP contribution in [-0.4, -0.2) is 26.3 Å². The second-order valence-corrected chi connectivity index (χ2v) is 5.80. The second-order valence-electron chi connectivity index (χ2n) is 4.65. The van der Waals surface area contributed by atoms with E-state index in [0.717, 1.165) is 6.42 Å². The normalized spacial score (nSPS) is 30.5. The van der Waals surface area contributed by atoms with Crippen molar-refractivity contribution < 1.29 is 0 Å². The quantitative estimate of drug-likeness (QED) is 0.732. The number of nitrogens with zero attached hydrogens (tertiary/aromatic N) is 3. The summed E-state index contributed by atoms with van der Waals surface area (Å²) in [5.41, 5.74) is 0. The minimum Gasteiger partial charge on any atom is -0.312 e. The van der Waals surface area contributed by atoms with E-state index in [4.69, 9.17) is 0 Å². The third-order valence-corrected chi connectivity index (χ3v) is 4.71. The van der Waals surface area contributed by atoms with Crippen molar-refractivity contribution in [1.29, 1.82) is 0 Å². The van der Waals surface area contributed by atoms with Gasteiger partial charge < -0.3 is 4.57 Å². The van der Waals surface area contributed by atoms with Gasteiger partial charge in [0, 0.05) is 24.1 Å². The van der Waals surface area contributed by atoms with E-state index in [1.54, 1.807) is 0 Å². The van der Waals surface area contributed by atoms with Crippen LogP contribution in [0.4, 0.5) is 0 Å². The number of aryl methyl sites for hydroxylation is 1. The third kappa shape index (κ3) is 1.59. The molecular weight excluding hydrogens is 206 g/mol. The molecule has 15 heavy (non-hydrogen) atoms. The van der Waals surface area contributed by atoms with Crippen molar-refractivity contribution in [2.75, 3.05) is 11.5 Å². The molecule has 1 fully saturated rings. The molecule has 3 nitrogen and oxygen atoms in total. The highest BCUT2D eigenvalue weighted by atomic mass is 32.2. The van der Waals surface area contributed by atoms with Gasteiger partial charge in [-0.3, -0.25) is 0 Å². The predicted octanol–water partition coefficient (Wildman–Crippen LogP) is 2.40. The standard InChI is InChI=1S/C11H17N3S/c1-8-3-2-4-10-12-13-11(14(8)10)9-5-6-15-7-9/h8-9H,2-7H2,1H3. The lowest BCUT2D eigenvalue weighted by atomic mass is 10.0. The molecule has 0 amide bonds. The lowest BCUT2D eigenvalue weighted by molar-refractivity contribution is 0.407. The Balaban J connectivity index is 1.97. The van der Waals surface area contributed by atoms with Crippen LogP contribution in [0.25, 0.3) is 0 Å². The van der Waals surface area contributed by atoms with Crippen LogP contribution in [0.2, 0.25) is 0 Å². The Bertz CT molecular complexity index is 355. The fourth-order valence-corrected chi connectivity index (χ4v) is 3.91. The maximum absolute atomic E-state index is 4.43. The lowest BCUT2D eigenvalue weighted by Gasteiger charge is -2.24. The number of hydrogen-bond acceptors (Lipinski definition) is 3. The molecule has 1 aromatic rings. The predicted molar refractivity (Wildman–Crippen MR) is 62.4 cm³/mol. The summed E-state index contributed by atoms with van der Waals surface area (Å²) in [6, 6.07) is 0.615. The molecule has 1 aromatic heterocycles. The van der Waals surface area contributed by atoms with Crippen LogP contribution in [0.1, 0.15) is 49.8 Å². The fraction of sp³-hybridized carbons (Fsp3) is 0.818. The van der Waals surface area contributed by atoms with Gasteiger partial charge in [-0.15, -0.1) is 10.2 Å². The van der Waals surface area contributed by atoms with Crippen molar-refractivity contribution in [3.05, 3.63) is 11.6 Å². The molecule has 0 bridgehead atoms. The van der Waals surface area contributed by atoms with E-state index in [2.05, 4.69) is 33.5 Å². The van der Waals surface area contributed by atoms with Crippen LogP contribution in [-0.2, 0) is 6.42 Å². The van der Waals surface area contributed by atoms with E-state index >= 15 is 0 Å². The third-order valence-electron chi connectivity index (χ3n) is 3.55.